The van der Waals surface area contributed by atoms with Crippen LogP contribution in [-0.4, -0.2) is 55.6 Å². The van der Waals surface area contributed by atoms with Crippen molar-refractivity contribution >= 4 is 21.4 Å². The Kier molecular flexibility index (Phi) is 6.25. The molecule has 2 aromatic rings. The fourth-order valence-corrected chi connectivity index (χ4v) is 4.34. The summed E-state index contributed by atoms with van der Waals surface area (Å²) in [5.74, 6) is 0. The van der Waals surface area contributed by atoms with Crippen molar-refractivity contribution in [3.63, 3.8) is 0 Å². The summed E-state index contributed by atoms with van der Waals surface area (Å²) >= 11 is 0. The first-order chi connectivity index (χ1) is 13.4. The van der Waals surface area contributed by atoms with Gasteiger partial charge in [-0.1, -0.05) is 30.3 Å². The van der Waals surface area contributed by atoms with Gasteiger partial charge in [0.25, 0.3) is 5.69 Å². The second-order valence-corrected chi connectivity index (χ2v) is 8.20. The number of hydrogen-bond donors (Lipinski definition) is 2. The highest BCUT2D eigenvalue weighted by Crippen LogP contribution is 2.30. The van der Waals surface area contributed by atoms with Gasteiger partial charge in [-0.2, -0.15) is 4.31 Å². The zero-order valence-corrected chi connectivity index (χ0v) is 15.8. The molecule has 0 aliphatic carbocycles. The molecule has 1 heterocycles. The minimum atomic E-state index is -3.84. The number of nitro benzene ring substituents is 1. The highest BCUT2D eigenvalue weighted by Gasteiger charge is 2.29. The largest absolute Gasteiger partial charge is 0.387 e. The molecule has 1 aliphatic rings. The first-order valence-corrected chi connectivity index (χ1v) is 10.2. The maximum Gasteiger partial charge on any atom is 0.293 e. The summed E-state index contributed by atoms with van der Waals surface area (Å²) < 4.78 is 31.8. The zero-order chi connectivity index (χ0) is 20.1. The molecule has 9 nitrogen and oxygen atoms in total. The number of rotatable bonds is 7. The fourth-order valence-electron chi connectivity index (χ4n) is 2.91. The topological polar surface area (TPSA) is 122 Å². The van der Waals surface area contributed by atoms with Crippen LogP contribution in [0.3, 0.4) is 0 Å². The highest BCUT2D eigenvalue weighted by molar-refractivity contribution is 7.89. The lowest BCUT2D eigenvalue weighted by Gasteiger charge is -2.26. The third-order valence-electron chi connectivity index (χ3n) is 4.44. The van der Waals surface area contributed by atoms with Gasteiger partial charge in [-0.15, -0.1) is 0 Å². The predicted molar refractivity (Wildman–Crippen MR) is 103 cm³/mol. The first kappa shape index (κ1) is 20.2. The van der Waals surface area contributed by atoms with Gasteiger partial charge < -0.3 is 15.2 Å². The number of nitro groups is 1. The van der Waals surface area contributed by atoms with E-state index in [-0.39, 0.29) is 35.9 Å². The number of anilines is 1. The van der Waals surface area contributed by atoms with Crippen LogP contribution >= 0.6 is 0 Å². The summed E-state index contributed by atoms with van der Waals surface area (Å²) in [4.78, 5) is 10.7. The van der Waals surface area contributed by atoms with E-state index in [4.69, 9.17) is 4.74 Å². The summed E-state index contributed by atoms with van der Waals surface area (Å²) in [5, 5.41) is 24.5. The summed E-state index contributed by atoms with van der Waals surface area (Å²) in [6.07, 6.45) is -0.863. The van der Waals surface area contributed by atoms with Gasteiger partial charge in [-0.25, -0.2) is 8.42 Å². The molecule has 150 valence electrons. The van der Waals surface area contributed by atoms with Crippen LogP contribution in [0, 0.1) is 10.1 Å². The minimum absolute atomic E-state index is 0.0421. The molecular formula is C18H21N3O6S. The number of benzene rings is 2. The van der Waals surface area contributed by atoms with Crippen LogP contribution in [0.15, 0.2) is 53.4 Å². The molecule has 10 heteroatoms. The van der Waals surface area contributed by atoms with Crippen molar-refractivity contribution in [1.82, 2.24) is 4.31 Å². The van der Waals surface area contributed by atoms with Crippen molar-refractivity contribution < 1.29 is 23.2 Å². The average Bonchev–Trinajstić information content (AvgIpc) is 2.73. The summed E-state index contributed by atoms with van der Waals surface area (Å²) in [5.41, 5.74) is 0.444. The molecule has 1 fully saturated rings. The van der Waals surface area contributed by atoms with Crippen LogP contribution in [0.5, 0.6) is 0 Å². The molecule has 3 rings (SSSR count). The van der Waals surface area contributed by atoms with E-state index in [0.29, 0.717) is 18.8 Å². The van der Waals surface area contributed by atoms with E-state index in [2.05, 4.69) is 5.32 Å². The lowest BCUT2D eigenvalue weighted by atomic mass is 10.1. The zero-order valence-electron chi connectivity index (χ0n) is 15.0. The van der Waals surface area contributed by atoms with Gasteiger partial charge in [0.15, 0.2) is 0 Å². The highest BCUT2D eigenvalue weighted by atomic mass is 32.2. The molecule has 2 N–H and O–H groups in total. The molecule has 0 saturated carbocycles. The third kappa shape index (κ3) is 4.47. The lowest BCUT2D eigenvalue weighted by molar-refractivity contribution is -0.384. The Hall–Kier alpha value is -2.53. The summed E-state index contributed by atoms with van der Waals surface area (Å²) in [6, 6.07) is 12.6. The Labute approximate surface area is 162 Å². The summed E-state index contributed by atoms with van der Waals surface area (Å²) in [7, 11) is -3.84. The quantitative estimate of drug-likeness (QED) is 0.530. The van der Waals surface area contributed by atoms with Crippen molar-refractivity contribution in [2.75, 3.05) is 38.2 Å². The maximum atomic E-state index is 12.7. The van der Waals surface area contributed by atoms with Crippen molar-refractivity contribution in [3.05, 3.63) is 64.2 Å². The molecule has 1 unspecified atom stereocenters. The number of hydrogen-bond acceptors (Lipinski definition) is 7. The maximum absolute atomic E-state index is 12.7. The van der Waals surface area contributed by atoms with E-state index < -0.39 is 21.1 Å². The van der Waals surface area contributed by atoms with Crippen molar-refractivity contribution in [3.8, 4) is 0 Å². The molecule has 0 radical (unpaired) electrons. The van der Waals surface area contributed by atoms with Gasteiger partial charge in [0, 0.05) is 25.7 Å². The Balaban J connectivity index is 1.80. The van der Waals surface area contributed by atoms with Crippen LogP contribution in [0.2, 0.25) is 0 Å². The first-order valence-electron chi connectivity index (χ1n) is 8.73. The Bertz CT molecular complexity index is 930. The number of morpholine rings is 1. The standard InChI is InChI=1S/C18H21N3O6S/c22-18(14-4-2-1-3-5-14)13-19-16-7-6-15(12-17(16)21(23)24)28(25,26)20-8-10-27-11-9-20/h1-7,12,18-19,22H,8-11,13H2. The van der Waals surface area contributed by atoms with E-state index in [1.165, 1.54) is 16.4 Å². The molecule has 0 bridgehead atoms. The van der Waals surface area contributed by atoms with E-state index in [0.717, 1.165) is 6.07 Å². The monoisotopic (exact) mass is 407 g/mol. The van der Waals surface area contributed by atoms with Crippen LogP contribution < -0.4 is 5.32 Å². The van der Waals surface area contributed by atoms with E-state index in [9.17, 15) is 23.6 Å². The molecule has 1 saturated heterocycles. The van der Waals surface area contributed by atoms with Gasteiger partial charge in [0.1, 0.15) is 5.69 Å². The molecule has 0 spiro atoms. The molecule has 0 aromatic heterocycles. The molecular weight excluding hydrogens is 386 g/mol. The Morgan fingerprint density at radius 1 is 1.18 bits per heavy atom. The van der Waals surface area contributed by atoms with E-state index >= 15 is 0 Å². The molecule has 2 aromatic carbocycles. The van der Waals surface area contributed by atoms with Crippen molar-refractivity contribution in [2.24, 2.45) is 0 Å². The number of nitrogens with zero attached hydrogens (tertiary/aromatic N) is 2. The van der Waals surface area contributed by atoms with Crippen LogP contribution in [0.4, 0.5) is 11.4 Å². The average molecular weight is 407 g/mol. The Morgan fingerprint density at radius 3 is 2.50 bits per heavy atom. The van der Waals surface area contributed by atoms with Gasteiger partial charge in [-0.05, 0) is 17.7 Å². The number of sulfonamides is 1. The van der Waals surface area contributed by atoms with Gasteiger partial charge in [0.05, 0.1) is 29.1 Å². The normalized spacial score (nSPS) is 16.5. The smallest absolute Gasteiger partial charge is 0.293 e. The van der Waals surface area contributed by atoms with Gasteiger partial charge in [-0.3, -0.25) is 10.1 Å². The lowest BCUT2D eigenvalue weighted by Crippen LogP contribution is -2.40. The molecule has 1 atom stereocenters. The van der Waals surface area contributed by atoms with Crippen molar-refractivity contribution in [1.29, 1.82) is 0 Å². The van der Waals surface area contributed by atoms with Crippen LogP contribution in [0.25, 0.3) is 0 Å². The number of ether oxygens (including phenoxy) is 1. The number of nitrogens with one attached hydrogen (secondary N) is 1. The SMILES string of the molecule is O=[N+]([O-])c1cc(S(=O)(=O)N2CCOCC2)ccc1NCC(O)c1ccccc1. The second kappa shape index (κ2) is 8.65. The van der Waals surface area contributed by atoms with Crippen LogP contribution in [0.1, 0.15) is 11.7 Å². The molecule has 1 aliphatic heterocycles. The number of aliphatic hydroxyl groups is 1. The third-order valence-corrected chi connectivity index (χ3v) is 6.34. The Morgan fingerprint density at radius 2 is 1.86 bits per heavy atom. The minimum Gasteiger partial charge on any atom is -0.387 e. The van der Waals surface area contributed by atoms with E-state index in [1.807, 2.05) is 6.07 Å². The summed E-state index contributed by atoms with van der Waals surface area (Å²) in [6.45, 7) is 1.04. The second-order valence-electron chi connectivity index (χ2n) is 6.26. The molecule has 0 amide bonds. The van der Waals surface area contributed by atoms with Gasteiger partial charge >= 0.3 is 0 Å². The van der Waals surface area contributed by atoms with E-state index in [1.54, 1.807) is 24.3 Å². The number of aliphatic hydroxyl groups excluding tert-OH is 1. The van der Waals surface area contributed by atoms with Crippen molar-refractivity contribution in [2.45, 2.75) is 11.0 Å². The predicted octanol–water partition coefficient (Wildman–Crippen LogP) is 1.76. The molecule has 28 heavy (non-hydrogen) atoms. The van der Waals surface area contributed by atoms with Gasteiger partial charge in [0.2, 0.25) is 10.0 Å². The fraction of sp³-hybridized carbons (Fsp3) is 0.333. The van der Waals surface area contributed by atoms with Crippen LogP contribution in [-0.2, 0) is 14.8 Å².